The molecule has 1 aliphatic rings. The Labute approximate surface area is 128 Å². The summed E-state index contributed by atoms with van der Waals surface area (Å²) in [4.78, 5) is 25.5. The SMILES string of the molecule is O=C(c1s[nH]c(=O)c1Cl)N1CCOc2cc(O)ccc2C1. The minimum atomic E-state index is -0.457. The van der Waals surface area contributed by atoms with Gasteiger partial charge in [-0.1, -0.05) is 23.1 Å². The van der Waals surface area contributed by atoms with Crippen LogP contribution in [0.5, 0.6) is 11.5 Å². The zero-order chi connectivity index (χ0) is 15.0. The van der Waals surface area contributed by atoms with Gasteiger partial charge in [0.15, 0.2) is 0 Å². The van der Waals surface area contributed by atoms with Crippen molar-refractivity contribution in [2.45, 2.75) is 6.54 Å². The molecule has 3 rings (SSSR count). The Morgan fingerprint density at radius 1 is 1.48 bits per heavy atom. The molecule has 8 heteroatoms. The molecule has 1 aromatic carbocycles. The maximum Gasteiger partial charge on any atom is 0.277 e. The van der Waals surface area contributed by atoms with Crippen molar-refractivity contribution >= 4 is 29.0 Å². The van der Waals surface area contributed by atoms with Gasteiger partial charge in [0, 0.05) is 18.2 Å². The van der Waals surface area contributed by atoms with E-state index in [1.54, 1.807) is 11.0 Å². The maximum absolute atomic E-state index is 12.5. The number of hydrogen-bond acceptors (Lipinski definition) is 5. The standard InChI is InChI=1S/C13H11ClN2O4S/c14-10-11(21-15-12(10)18)13(19)16-3-4-20-9-5-8(17)2-1-7(9)6-16/h1-2,5,17H,3-4,6H2,(H,15,18). The average molecular weight is 327 g/mol. The van der Waals surface area contributed by atoms with Crippen molar-refractivity contribution in [2.24, 2.45) is 0 Å². The van der Waals surface area contributed by atoms with E-state index in [9.17, 15) is 14.7 Å². The van der Waals surface area contributed by atoms with Gasteiger partial charge in [0.1, 0.15) is 28.0 Å². The van der Waals surface area contributed by atoms with Crippen LogP contribution in [0.3, 0.4) is 0 Å². The number of benzene rings is 1. The Morgan fingerprint density at radius 2 is 2.29 bits per heavy atom. The van der Waals surface area contributed by atoms with Crippen LogP contribution in [0.2, 0.25) is 5.02 Å². The van der Waals surface area contributed by atoms with Crippen molar-refractivity contribution < 1.29 is 14.6 Å². The molecule has 0 bridgehead atoms. The molecule has 6 nitrogen and oxygen atoms in total. The molecule has 0 saturated heterocycles. The number of ether oxygens (including phenoxy) is 1. The largest absolute Gasteiger partial charge is 0.508 e. The first kappa shape index (κ1) is 14.0. The van der Waals surface area contributed by atoms with Gasteiger partial charge in [0.2, 0.25) is 0 Å². The number of nitrogens with zero attached hydrogens (tertiary/aromatic N) is 1. The Hall–Kier alpha value is -1.99. The number of phenols is 1. The molecule has 0 saturated carbocycles. The van der Waals surface area contributed by atoms with Crippen LogP contribution in [0.15, 0.2) is 23.0 Å². The molecular formula is C13H11ClN2O4S. The molecule has 0 atom stereocenters. The number of fused-ring (bicyclic) bond motifs is 1. The predicted octanol–water partition coefficient (Wildman–Crippen LogP) is 1.83. The van der Waals surface area contributed by atoms with E-state index in [1.807, 2.05) is 0 Å². The summed E-state index contributed by atoms with van der Waals surface area (Å²) in [6.45, 7) is 1.01. The molecule has 2 heterocycles. The molecule has 1 aliphatic heterocycles. The molecule has 21 heavy (non-hydrogen) atoms. The van der Waals surface area contributed by atoms with Crippen LogP contribution in [-0.4, -0.2) is 33.4 Å². The second-order valence-electron chi connectivity index (χ2n) is 4.54. The molecular weight excluding hydrogens is 316 g/mol. The Kier molecular flexibility index (Phi) is 3.60. The monoisotopic (exact) mass is 326 g/mol. The molecule has 0 fully saturated rings. The van der Waals surface area contributed by atoms with Gasteiger partial charge in [-0.2, -0.15) is 0 Å². The van der Waals surface area contributed by atoms with Crippen LogP contribution in [0, 0.1) is 0 Å². The smallest absolute Gasteiger partial charge is 0.277 e. The van der Waals surface area contributed by atoms with Crippen molar-refractivity contribution in [3.8, 4) is 11.5 Å². The highest BCUT2D eigenvalue weighted by atomic mass is 35.5. The van der Waals surface area contributed by atoms with Crippen LogP contribution in [-0.2, 0) is 6.54 Å². The number of rotatable bonds is 1. The molecule has 0 radical (unpaired) electrons. The molecule has 2 N–H and O–H groups in total. The molecule has 0 spiro atoms. The van der Waals surface area contributed by atoms with E-state index < -0.39 is 5.56 Å². The highest BCUT2D eigenvalue weighted by Gasteiger charge is 2.25. The van der Waals surface area contributed by atoms with E-state index in [-0.39, 0.29) is 21.6 Å². The highest BCUT2D eigenvalue weighted by Crippen LogP contribution is 2.28. The minimum Gasteiger partial charge on any atom is -0.508 e. The quantitative estimate of drug-likeness (QED) is 0.837. The summed E-state index contributed by atoms with van der Waals surface area (Å²) in [5.41, 5.74) is 0.332. The fourth-order valence-electron chi connectivity index (χ4n) is 2.10. The summed E-state index contributed by atoms with van der Waals surface area (Å²) >= 11 is 6.77. The van der Waals surface area contributed by atoms with Crippen LogP contribution in [0.25, 0.3) is 0 Å². The fraction of sp³-hybridized carbons (Fsp3) is 0.231. The van der Waals surface area contributed by atoms with Crippen LogP contribution in [0.1, 0.15) is 15.2 Å². The molecule has 110 valence electrons. The normalized spacial score (nSPS) is 14.2. The van der Waals surface area contributed by atoms with Crippen LogP contribution in [0.4, 0.5) is 0 Å². The fourth-order valence-corrected chi connectivity index (χ4v) is 3.10. The van der Waals surface area contributed by atoms with Crippen molar-refractivity contribution in [2.75, 3.05) is 13.2 Å². The van der Waals surface area contributed by atoms with Gasteiger partial charge in [-0.25, -0.2) is 0 Å². The number of carbonyl (C=O) groups excluding carboxylic acids is 1. The van der Waals surface area contributed by atoms with Gasteiger partial charge in [0.25, 0.3) is 11.5 Å². The molecule has 1 aromatic heterocycles. The number of aromatic amines is 1. The summed E-state index contributed by atoms with van der Waals surface area (Å²) in [5, 5.41) is 9.37. The van der Waals surface area contributed by atoms with Crippen molar-refractivity contribution in [3.05, 3.63) is 44.0 Å². The van der Waals surface area contributed by atoms with Crippen molar-refractivity contribution in [3.63, 3.8) is 0 Å². The lowest BCUT2D eigenvalue weighted by Gasteiger charge is -2.18. The number of aromatic hydroxyl groups is 1. The van der Waals surface area contributed by atoms with Crippen LogP contribution < -0.4 is 10.3 Å². The molecule has 0 unspecified atom stereocenters. The summed E-state index contributed by atoms with van der Waals surface area (Å²) in [6, 6.07) is 4.76. The number of carbonyl (C=O) groups is 1. The Balaban J connectivity index is 1.90. The average Bonchev–Trinajstić information content (AvgIpc) is 2.69. The third-order valence-corrected chi connectivity index (χ3v) is 4.50. The summed E-state index contributed by atoms with van der Waals surface area (Å²) in [7, 11) is 0. The lowest BCUT2D eigenvalue weighted by molar-refractivity contribution is 0.0738. The highest BCUT2D eigenvalue weighted by molar-refractivity contribution is 7.08. The first-order valence-electron chi connectivity index (χ1n) is 6.17. The van der Waals surface area contributed by atoms with Gasteiger partial charge < -0.3 is 14.7 Å². The van der Waals surface area contributed by atoms with Crippen molar-refractivity contribution in [1.29, 1.82) is 0 Å². The third-order valence-electron chi connectivity index (χ3n) is 3.16. The first-order chi connectivity index (χ1) is 10.1. The van der Waals surface area contributed by atoms with E-state index in [1.165, 1.54) is 12.1 Å². The van der Waals surface area contributed by atoms with E-state index >= 15 is 0 Å². The third kappa shape index (κ3) is 2.62. The predicted molar refractivity (Wildman–Crippen MR) is 78.3 cm³/mol. The molecule has 1 amide bonds. The van der Waals surface area contributed by atoms with E-state index in [0.717, 1.165) is 17.1 Å². The maximum atomic E-state index is 12.5. The van der Waals surface area contributed by atoms with Crippen LogP contribution >= 0.6 is 23.1 Å². The summed E-state index contributed by atoms with van der Waals surface area (Å²) < 4.78 is 7.97. The number of hydrogen-bond donors (Lipinski definition) is 2. The van der Waals surface area contributed by atoms with Gasteiger partial charge in [-0.05, 0) is 12.1 Å². The Morgan fingerprint density at radius 3 is 3.00 bits per heavy atom. The van der Waals surface area contributed by atoms with E-state index in [0.29, 0.717) is 25.4 Å². The van der Waals surface area contributed by atoms with E-state index in [2.05, 4.69) is 4.37 Å². The second-order valence-corrected chi connectivity index (χ2v) is 5.74. The minimum absolute atomic E-state index is 0.0823. The van der Waals surface area contributed by atoms with Gasteiger partial charge in [0.05, 0.1) is 6.54 Å². The number of nitrogens with one attached hydrogen (secondary N) is 1. The Bertz CT molecular complexity index is 755. The first-order valence-corrected chi connectivity index (χ1v) is 7.36. The number of aromatic nitrogens is 1. The second kappa shape index (κ2) is 5.42. The van der Waals surface area contributed by atoms with Crippen molar-refractivity contribution in [1.82, 2.24) is 9.27 Å². The number of amides is 1. The lowest BCUT2D eigenvalue weighted by Crippen LogP contribution is -2.32. The summed E-state index contributed by atoms with van der Waals surface area (Å²) in [6.07, 6.45) is 0. The number of halogens is 1. The zero-order valence-electron chi connectivity index (χ0n) is 10.8. The van der Waals surface area contributed by atoms with Gasteiger partial charge in [-0.3, -0.25) is 14.0 Å². The van der Waals surface area contributed by atoms with Gasteiger partial charge in [-0.15, -0.1) is 0 Å². The zero-order valence-corrected chi connectivity index (χ0v) is 12.3. The van der Waals surface area contributed by atoms with Gasteiger partial charge >= 0.3 is 0 Å². The number of phenolic OH excluding ortho intramolecular Hbond substituents is 1. The summed E-state index contributed by atoms with van der Waals surface area (Å²) in [5.74, 6) is 0.354. The molecule has 2 aromatic rings. The lowest BCUT2D eigenvalue weighted by atomic mass is 10.2. The number of H-pyrrole nitrogens is 1. The van der Waals surface area contributed by atoms with E-state index in [4.69, 9.17) is 16.3 Å². The molecule has 0 aliphatic carbocycles. The topological polar surface area (TPSA) is 82.6 Å².